The number of carboxylic acid groups (broad SMARTS) is 1. The van der Waals surface area contributed by atoms with Crippen molar-refractivity contribution in [2.45, 2.75) is 13.0 Å². The number of carbonyl (C=O) groups excluding carboxylic acids is 2. The summed E-state index contributed by atoms with van der Waals surface area (Å²) in [6, 6.07) is 26.4. The molecule has 0 radical (unpaired) electrons. The lowest BCUT2D eigenvalue weighted by atomic mass is 10.0. The molecule has 0 bridgehead atoms. The molecule has 2 N–H and O–H groups in total. The van der Waals surface area contributed by atoms with Gasteiger partial charge in [0.25, 0.3) is 11.8 Å². The molecule has 0 unspecified atom stereocenters. The number of hydrogen-bond donors (Lipinski definition) is 2. The molecule has 1 saturated heterocycles. The Balaban J connectivity index is 1.43. The van der Waals surface area contributed by atoms with E-state index in [2.05, 4.69) is 10.2 Å². The zero-order valence-corrected chi connectivity index (χ0v) is 23.3. The maximum atomic E-state index is 13.2. The molecule has 0 saturated carbocycles. The predicted octanol–water partition coefficient (Wildman–Crippen LogP) is 5.62. The van der Waals surface area contributed by atoms with Gasteiger partial charge in [-0.05, 0) is 58.5 Å². The summed E-state index contributed by atoms with van der Waals surface area (Å²) in [5.74, 6) is -1.33. The second kappa shape index (κ2) is 13.3. The van der Waals surface area contributed by atoms with Gasteiger partial charge in [0.15, 0.2) is 0 Å². The minimum absolute atomic E-state index is 0.0977. The van der Waals surface area contributed by atoms with Crippen LogP contribution in [0.2, 0.25) is 0 Å². The normalized spacial score (nSPS) is 13.0. The fraction of sp³-hybridized carbons (Fsp3) is 0.219. The Hall–Kier alpha value is -4.47. The Bertz CT molecular complexity index is 1500. The number of aliphatic carboxylic acids is 1. The Morgan fingerprint density at radius 3 is 2.41 bits per heavy atom. The summed E-state index contributed by atoms with van der Waals surface area (Å²) in [5, 5.41) is 14.2. The van der Waals surface area contributed by atoms with Crippen molar-refractivity contribution < 1.29 is 24.2 Å². The number of rotatable bonds is 10. The smallest absolute Gasteiger partial charge is 0.305 e. The van der Waals surface area contributed by atoms with Crippen LogP contribution in [0.5, 0.6) is 0 Å². The molecule has 0 atom stereocenters. The summed E-state index contributed by atoms with van der Waals surface area (Å²) < 4.78 is 5.53. The summed E-state index contributed by atoms with van der Waals surface area (Å²) >= 11 is 1.39. The van der Waals surface area contributed by atoms with Gasteiger partial charge < -0.3 is 25.0 Å². The maximum absolute atomic E-state index is 13.2. The van der Waals surface area contributed by atoms with E-state index in [0.29, 0.717) is 23.7 Å². The lowest BCUT2D eigenvalue weighted by Crippen LogP contribution is -2.36. The fourth-order valence-electron chi connectivity index (χ4n) is 4.80. The van der Waals surface area contributed by atoms with Crippen molar-refractivity contribution >= 4 is 40.5 Å². The van der Waals surface area contributed by atoms with Crippen molar-refractivity contribution in [2.24, 2.45) is 0 Å². The average Bonchev–Trinajstić information content (AvgIpc) is 3.55. The van der Waals surface area contributed by atoms with Crippen LogP contribution in [0.25, 0.3) is 11.1 Å². The maximum Gasteiger partial charge on any atom is 0.305 e. The minimum atomic E-state index is -0.956. The number of nitrogens with one attached hydrogen (secondary N) is 1. The molecule has 1 aromatic heterocycles. The van der Waals surface area contributed by atoms with Gasteiger partial charge in [-0.25, -0.2) is 0 Å². The van der Waals surface area contributed by atoms with Crippen LogP contribution in [0, 0.1) is 0 Å². The van der Waals surface area contributed by atoms with E-state index in [9.17, 15) is 19.5 Å². The summed E-state index contributed by atoms with van der Waals surface area (Å²) in [6.45, 7) is 3.09. The molecule has 0 aliphatic carbocycles. The number of carbonyl (C=O) groups is 3. The SMILES string of the molecule is O=C(O)CCN(Cc1cccc(-c2ccc(N3CCOCC3)c(NC(=O)c3cccs3)c2)c1)C(=O)c1ccccc1. The van der Waals surface area contributed by atoms with E-state index in [0.717, 1.165) is 41.2 Å². The fourth-order valence-corrected chi connectivity index (χ4v) is 5.42. The van der Waals surface area contributed by atoms with Crippen molar-refractivity contribution in [1.29, 1.82) is 0 Å². The molecule has 0 spiro atoms. The Morgan fingerprint density at radius 2 is 1.68 bits per heavy atom. The molecule has 2 heterocycles. The van der Waals surface area contributed by atoms with Crippen LogP contribution in [0.15, 0.2) is 90.3 Å². The number of hydrogen-bond acceptors (Lipinski definition) is 6. The molecule has 5 rings (SSSR count). The van der Waals surface area contributed by atoms with Gasteiger partial charge in [-0.15, -0.1) is 11.3 Å². The molecule has 3 aromatic carbocycles. The number of morpholine rings is 1. The van der Waals surface area contributed by atoms with Gasteiger partial charge in [-0.1, -0.05) is 48.5 Å². The van der Waals surface area contributed by atoms with E-state index in [1.807, 2.05) is 60.0 Å². The van der Waals surface area contributed by atoms with E-state index >= 15 is 0 Å². The van der Waals surface area contributed by atoms with Gasteiger partial charge in [0, 0.05) is 31.7 Å². The van der Waals surface area contributed by atoms with Gasteiger partial charge in [0.1, 0.15) is 0 Å². The molecule has 41 heavy (non-hydrogen) atoms. The second-order valence-corrected chi connectivity index (χ2v) is 10.6. The first-order valence-electron chi connectivity index (χ1n) is 13.4. The highest BCUT2D eigenvalue weighted by Crippen LogP contribution is 2.33. The van der Waals surface area contributed by atoms with Gasteiger partial charge in [0.05, 0.1) is 35.9 Å². The van der Waals surface area contributed by atoms with Crippen LogP contribution in [0.4, 0.5) is 11.4 Å². The molecular weight excluding hydrogens is 538 g/mol. The Morgan fingerprint density at radius 1 is 0.902 bits per heavy atom. The standard InChI is InChI=1S/C32H31N3O5S/c36-30(37)13-14-35(32(39)24-7-2-1-3-8-24)22-23-6-4-9-25(20-23)26-11-12-28(34-15-17-40-18-16-34)27(21-26)33-31(38)29-10-5-19-41-29/h1-12,19-21H,13-18,22H2,(H,33,38)(H,36,37). The van der Waals surface area contributed by atoms with Crippen molar-refractivity contribution in [1.82, 2.24) is 4.90 Å². The quantitative estimate of drug-likeness (QED) is 0.257. The van der Waals surface area contributed by atoms with Crippen molar-refractivity contribution in [3.05, 3.63) is 106 Å². The average molecular weight is 570 g/mol. The van der Waals surface area contributed by atoms with Crippen molar-refractivity contribution in [2.75, 3.05) is 43.1 Å². The second-order valence-electron chi connectivity index (χ2n) is 9.70. The zero-order valence-electron chi connectivity index (χ0n) is 22.5. The van der Waals surface area contributed by atoms with Crippen LogP contribution in [0.1, 0.15) is 32.0 Å². The monoisotopic (exact) mass is 569 g/mol. The van der Waals surface area contributed by atoms with E-state index in [4.69, 9.17) is 4.74 Å². The van der Waals surface area contributed by atoms with Crippen LogP contribution < -0.4 is 10.2 Å². The number of ether oxygens (including phenoxy) is 1. The topological polar surface area (TPSA) is 99.2 Å². The molecule has 210 valence electrons. The molecule has 8 nitrogen and oxygen atoms in total. The molecule has 4 aromatic rings. The highest BCUT2D eigenvalue weighted by atomic mass is 32.1. The van der Waals surface area contributed by atoms with E-state index in [-0.39, 0.29) is 31.3 Å². The minimum Gasteiger partial charge on any atom is -0.481 e. The number of thiophene rings is 1. The first-order chi connectivity index (χ1) is 20.0. The Kier molecular flexibility index (Phi) is 9.08. The molecule has 2 amide bonds. The van der Waals surface area contributed by atoms with Gasteiger partial charge in [-0.3, -0.25) is 14.4 Å². The van der Waals surface area contributed by atoms with Crippen molar-refractivity contribution in [3.8, 4) is 11.1 Å². The summed E-state index contributed by atoms with van der Waals surface area (Å²) in [7, 11) is 0. The largest absolute Gasteiger partial charge is 0.481 e. The van der Waals surface area contributed by atoms with Crippen LogP contribution in [-0.2, 0) is 16.1 Å². The van der Waals surface area contributed by atoms with E-state index < -0.39 is 5.97 Å². The van der Waals surface area contributed by atoms with E-state index in [1.165, 1.54) is 11.3 Å². The highest BCUT2D eigenvalue weighted by Gasteiger charge is 2.20. The third kappa shape index (κ3) is 7.19. The number of benzene rings is 3. The van der Waals surface area contributed by atoms with Gasteiger partial charge in [-0.2, -0.15) is 0 Å². The number of amides is 2. The number of anilines is 2. The number of nitrogens with zero attached hydrogens (tertiary/aromatic N) is 2. The molecule has 9 heteroatoms. The van der Waals surface area contributed by atoms with Crippen LogP contribution in [0.3, 0.4) is 0 Å². The molecule has 1 fully saturated rings. The first-order valence-corrected chi connectivity index (χ1v) is 14.3. The third-order valence-electron chi connectivity index (χ3n) is 6.88. The zero-order chi connectivity index (χ0) is 28.6. The molecule has 1 aliphatic rings. The lowest BCUT2D eigenvalue weighted by molar-refractivity contribution is -0.137. The van der Waals surface area contributed by atoms with Gasteiger partial charge in [0.2, 0.25) is 0 Å². The highest BCUT2D eigenvalue weighted by molar-refractivity contribution is 7.12. The first kappa shape index (κ1) is 28.1. The lowest BCUT2D eigenvalue weighted by Gasteiger charge is -2.31. The summed E-state index contributed by atoms with van der Waals surface area (Å²) in [4.78, 5) is 41.9. The van der Waals surface area contributed by atoms with E-state index in [1.54, 1.807) is 35.2 Å². The summed E-state index contributed by atoms with van der Waals surface area (Å²) in [5.41, 5.74) is 4.88. The molecule has 1 aliphatic heterocycles. The van der Waals surface area contributed by atoms with Gasteiger partial charge >= 0.3 is 5.97 Å². The Labute approximate surface area is 242 Å². The number of carboxylic acids is 1. The van der Waals surface area contributed by atoms with Crippen LogP contribution in [-0.4, -0.2) is 60.6 Å². The summed E-state index contributed by atoms with van der Waals surface area (Å²) in [6.07, 6.45) is -0.144. The van der Waals surface area contributed by atoms with Crippen molar-refractivity contribution in [3.63, 3.8) is 0 Å². The predicted molar refractivity (Wildman–Crippen MR) is 161 cm³/mol. The third-order valence-corrected chi connectivity index (χ3v) is 7.75. The van der Waals surface area contributed by atoms with Crippen LogP contribution >= 0.6 is 11.3 Å². The molecular formula is C32H31N3O5S.